The van der Waals surface area contributed by atoms with Crippen LogP contribution >= 0.6 is 48.0 Å². The molecule has 0 heterocycles. The van der Waals surface area contributed by atoms with Gasteiger partial charge in [-0.2, -0.15) is 0 Å². The van der Waals surface area contributed by atoms with E-state index in [1.165, 1.54) is 101 Å². The molecule has 3 nitrogen and oxygen atoms in total. The summed E-state index contributed by atoms with van der Waals surface area (Å²) in [4.78, 5) is 0. The molecule has 0 bridgehead atoms. The molecular formula is C26H46O3S4. The van der Waals surface area contributed by atoms with Gasteiger partial charge < -0.3 is 14.2 Å². The molecule has 0 fully saturated rings. The third kappa shape index (κ3) is 24.8. The van der Waals surface area contributed by atoms with Crippen LogP contribution in [-0.4, -0.2) is 33.9 Å². The van der Waals surface area contributed by atoms with E-state index in [4.69, 9.17) is 38.6 Å². The first kappa shape index (κ1) is 32.9. The Morgan fingerprint density at radius 2 is 0.970 bits per heavy atom. The quantitative estimate of drug-likeness (QED) is 0.0557. The van der Waals surface area contributed by atoms with Gasteiger partial charge in [0.2, 0.25) is 8.77 Å². The van der Waals surface area contributed by atoms with Crippen LogP contribution in [0, 0.1) is 0 Å². The molecule has 0 aromatic rings. The number of ether oxygens (including phenoxy) is 3. The Balaban J connectivity index is 3.62. The maximum absolute atomic E-state index is 5.68. The molecule has 0 amide bonds. The third-order valence-electron chi connectivity index (χ3n) is 5.12. The van der Waals surface area contributed by atoms with E-state index in [0.29, 0.717) is 22.0 Å². The Hall–Kier alpha value is -0.0800. The minimum atomic E-state index is -0.240. The normalized spacial score (nSPS) is 10.8. The molecule has 0 aromatic carbocycles. The lowest BCUT2D eigenvalue weighted by molar-refractivity contribution is 0.234. The molecule has 0 unspecified atom stereocenters. The van der Waals surface area contributed by atoms with Gasteiger partial charge in [-0.3, -0.25) is 0 Å². The Morgan fingerprint density at radius 1 is 0.636 bits per heavy atom. The van der Waals surface area contributed by atoms with Crippen LogP contribution in [-0.2, 0) is 14.2 Å². The van der Waals surface area contributed by atoms with Gasteiger partial charge in [-0.05, 0) is 86.5 Å². The van der Waals surface area contributed by atoms with Crippen LogP contribution < -0.4 is 0 Å². The molecule has 0 aliphatic carbocycles. The number of hydrogen-bond donors (Lipinski definition) is 0. The van der Waals surface area contributed by atoms with Crippen LogP contribution in [0.4, 0.5) is 0 Å². The Bertz CT molecular complexity index is 458. The largest absolute Gasteiger partial charge is 0.479 e. The predicted molar refractivity (Wildman–Crippen MR) is 157 cm³/mol. The molecule has 0 rings (SSSR count). The van der Waals surface area contributed by atoms with E-state index in [0.717, 1.165) is 25.7 Å². The van der Waals surface area contributed by atoms with E-state index >= 15 is 0 Å². The molecule has 0 aliphatic rings. The summed E-state index contributed by atoms with van der Waals surface area (Å²) in [5.74, 6) is 0. The lowest BCUT2D eigenvalue weighted by Crippen LogP contribution is -2.11. The Labute approximate surface area is 223 Å². The molecule has 33 heavy (non-hydrogen) atoms. The fourth-order valence-electron chi connectivity index (χ4n) is 3.21. The fourth-order valence-corrected chi connectivity index (χ4v) is 5.79. The molecule has 0 saturated heterocycles. The standard InChI is InChI=1S/C26H46O3S4/c1-4-6-8-10-12-14-16-18-20-22-28-24(30)32-26(27-3)33-25(31)29-23-21-19-17-15-13-11-9-7-5-2/h4-5,26H,1-2,6-23H2,3H3. The molecule has 0 aliphatic heterocycles. The van der Waals surface area contributed by atoms with Crippen molar-refractivity contribution >= 4 is 56.7 Å². The van der Waals surface area contributed by atoms with E-state index in [1.54, 1.807) is 7.11 Å². The van der Waals surface area contributed by atoms with E-state index in [-0.39, 0.29) is 4.77 Å². The summed E-state index contributed by atoms with van der Waals surface area (Å²) in [5.41, 5.74) is 0. The zero-order valence-electron chi connectivity index (χ0n) is 20.7. The molecule has 0 spiro atoms. The first-order valence-electron chi connectivity index (χ1n) is 12.6. The molecular weight excluding hydrogens is 489 g/mol. The second-order valence-electron chi connectivity index (χ2n) is 8.06. The van der Waals surface area contributed by atoms with E-state index in [1.807, 2.05) is 12.2 Å². The first-order valence-corrected chi connectivity index (χ1v) is 15.1. The number of unbranched alkanes of at least 4 members (excludes halogenated alkanes) is 14. The topological polar surface area (TPSA) is 27.7 Å². The van der Waals surface area contributed by atoms with Crippen molar-refractivity contribution in [2.75, 3.05) is 20.3 Å². The van der Waals surface area contributed by atoms with Gasteiger partial charge in [-0.25, -0.2) is 0 Å². The van der Waals surface area contributed by atoms with Crippen molar-refractivity contribution in [1.29, 1.82) is 0 Å². The number of thioether (sulfide) groups is 2. The van der Waals surface area contributed by atoms with Crippen molar-refractivity contribution in [2.24, 2.45) is 0 Å². The molecule has 0 aromatic heterocycles. The summed E-state index contributed by atoms with van der Waals surface area (Å²) in [6, 6.07) is 0. The van der Waals surface area contributed by atoms with Crippen molar-refractivity contribution in [2.45, 2.75) is 108 Å². The van der Waals surface area contributed by atoms with Crippen LogP contribution in [0.15, 0.2) is 25.3 Å². The maximum Gasteiger partial charge on any atom is 0.223 e. The highest BCUT2D eigenvalue weighted by Gasteiger charge is 2.16. The van der Waals surface area contributed by atoms with Gasteiger partial charge in [0, 0.05) is 7.11 Å². The highest BCUT2D eigenvalue weighted by molar-refractivity contribution is 8.35. The van der Waals surface area contributed by atoms with Crippen LogP contribution in [0.25, 0.3) is 0 Å². The third-order valence-corrected chi connectivity index (χ3v) is 7.90. The first-order chi connectivity index (χ1) is 16.1. The van der Waals surface area contributed by atoms with Crippen LogP contribution in [0.3, 0.4) is 0 Å². The van der Waals surface area contributed by atoms with Crippen LogP contribution in [0.1, 0.15) is 103 Å². The Kier molecular flexibility index (Phi) is 26.5. The number of hydrogen-bond acceptors (Lipinski definition) is 7. The molecule has 192 valence electrons. The molecule has 0 N–H and O–H groups in total. The smallest absolute Gasteiger partial charge is 0.223 e. The van der Waals surface area contributed by atoms with Gasteiger partial charge >= 0.3 is 0 Å². The zero-order valence-corrected chi connectivity index (χ0v) is 24.0. The van der Waals surface area contributed by atoms with Gasteiger partial charge in [0.05, 0.1) is 13.2 Å². The summed E-state index contributed by atoms with van der Waals surface area (Å²) in [6.45, 7) is 8.85. The summed E-state index contributed by atoms with van der Waals surface area (Å²) >= 11 is 13.4. The van der Waals surface area contributed by atoms with Crippen molar-refractivity contribution in [3.8, 4) is 0 Å². The predicted octanol–water partition coefficient (Wildman–Crippen LogP) is 9.60. The maximum atomic E-state index is 5.68. The lowest BCUT2D eigenvalue weighted by Gasteiger charge is -2.16. The van der Waals surface area contributed by atoms with Crippen LogP contribution in [0.2, 0.25) is 0 Å². The van der Waals surface area contributed by atoms with E-state index in [9.17, 15) is 0 Å². The second kappa shape index (κ2) is 26.5. The minimum absolute atomic E-state index is 0.240. The molecule has 0 atom stereocenters. The highest BCUT2D eigenvalue weighted by atomic mass is 32.2. The highest BCUT2D eigenvalue weighted by Crippen LogP contribution is 2.28. The monoisotopic (exact) mass is 534 g/mol. The zero-order chi connectivity index (χ0) is 24.4. The van der Waals surface area contributed by atoms with Gasteiger partial charge in [-0.15, -0.1) is 13.2 Å². The van der Waals surface area contributed by atoms with Gasteiger partial charge in [0.1, 0.15) is 0 Å². The van der Waals surface area contributed by atoms with Gasteiger partial charge in [0.25, 0.3) is 0 Å². The number of allylic oxidation sites excluding steroid dienone is 2. The van der Waals surface area contributed by atoms with Crippen LogP contribution in [0.5, 0.6) is 0 Å². The second-order valence-corrected chi connectivity index (χ2v) is 11.7. The summed E-state index contributed by atoms with van der Waals surface area (Å²) in [5, 5.41) is 0. The van der Waals surface area contributed by atoms with Crippen molar-refractivity contribution in [3.63, 3.8) is 0 Å². The average Bonchev–Trinajstić information content (AvgIpc) is 2.81. The molecule has 0 radical (unpaired) electrons. The summed E-state index contributed by atoms with van der Waals surface area (Å²) in [6.07, 6.45) is 23.6. The van der Waals surface area contributed by atoms with Gasteiger partial charge in [0.15, 0.2) is 4.77 Å². The van der Waals surface area contributed by atoms with Crippen molar-refractivity contribution < 1.29 is 14.2 Å². The van der Waals surface area contributed by atoms with E-state index in [2.05, 4.69) is 13.2 Å². The number of methoxy groups -OCH3 is 1. The van der Waals surface area contributed by atoms with Gasteiger partial charge in [-0.1, -0.05) is 76.4 Å². The summed E-state index contributed by atoms with van der Waals surface area (Å²) < 4.78 is 17.6. The molecule has 7 heteroatoms. The van der Waals surface area contributed by atoms with E-state index < -0.39 is 0 Å². The number of rotatable bonds is 23. The lowest BCUT2D eigenvalue weighted by atomic mass is 10.1. The fraction of sp³-hybridized carbons (Fsp3) is 0.769. The number of thiocarbonyl (C=S) groups is 2. The Morgan fingerprint density at radius 3 is 1.30 bits per heavy atom. The van der Waals surface area contributed by atoms with Crippen molar-refractivity contribution in [1.82, 2.24) is 0 Å². The van der Waals surface area contributed by atoms with Crippen molar-refractivity contribution in [3.05, 3.63) is 25.3 Å². The minimum Gasteiger partial charge on any atom is -0.479 e. The molecule has 0 saturated carbocycles. The average molecular weight is 535 g/mol. The SMILES string of the molecule is C=CCCCCCCCCCOC(=S)SC(OC)SC(=S)OCCCCCCCCCC=C. The summed E-state index contributed by atoms with van der Waals surface area (Å²) in [7, 11) is 1.65.